The standard InChI is InChI=1S/C22H26ClN3O5/c23-17-3-1-16(2-4-17)20(29)24-11-19(28)31-12-18(27)25-21(30)26-22-8-13-5-14(9-22)7-15(6-13)10-22/h1-4,13-15H,5-12H2,(H,24,29)(H2,25,26,27,30). The number of esters is 1. The van der Waals surface area contributed by atoms with Crippen molar-refractivity contribution in [3.8, 4) is 0 Å². The molecule has 166 valence electrons. The van der Waals surface area contributed by atoms with Crippen LogP contribution in [-0.4, -0.2) is 42.5 Å². The normalized spacial score (nSPS) is 28.0. The molecule has 0 radical (unpaired) electrons. The predicted molar refractivity (Wildman–Crippen MR) is 112 cm³/mol. The van der Waals surface area contributed by atoms with Crippen LogP contribution in [0.4, 0.5) is 4.79 Å². The number of urea groups is 1. The number of benzene rings is 1. The van der Waals surface area contributed by atoms with E-state index in [2.05, 4.69) is 16.0 Å². The van der Waals surface area contributed by atoms with Crippen LogP contribution in [0.2, 0.25) is 5.02 Å². The van der Waals surface area contributed by atoms with Gasteiger partial charge < -0.3 is 15.4 Å². The summed E-state index contributed by atoms with van der Waals surface area (Å²) in [6.07, 6.45) is 6.69. The van der Waals surface area contributed by atoms with Crippen LogP contribution in [0.1, 0.15) is 48.9 Å². The molecule has 0 spiro atoms. The molecule has 4 fully saturated rings. The van der Waals surface area contributed by atoms with E-state index in [1.54, 1.807) is 12.1 Å². The molecular formula is C22H26ClN3O5. The van der Waals surface area contributed by atoms with Crippen molar-refractivity contribution in [2.24, 2.45) is 17.8 Å². The van der Waals surface area contributed by atoms with E-state index in [4.69, 9.17) is 16.3 Å². The molecule has 4 saturated carbocycles. The Morgan fingerprint density at radius 2 is 1.55 bits per heavy atom. The number of ether oxygens (including phenoxy) is 1. The average molecular weight is 448 g/mol. The van der Waals surface area contributed by atoms with Crippen molar-refractivity contribution in [3.05, 3.63) is 34.9 Å². The number of imide groups is 1. The Morgan fingerprint density at radius 1 is 0.968 bits per heavy atom. The summed E-state index contributed by atoms with van der Waals surface area (Å²) in [6.45, 7) is -0.988. The summed E-state index contributed by atoms with van der Waals surface area (Å²) in [5.74, 6) is 0.0652. The fraction of sp³-hybridized carbons (Fsp3) is 0.545. The first-order chi connectivity index (χ1) is 14.8. The monoisotopic (exact) mass is 447 g/mol. The van der Waals surface area contributed by atoms with Crippen LogP contribution in [-0.2, 0) is 14.3 Å². The highest BCUT2D eigenvalue weighted by Crippen LogP contribution is 2.55. The lowest BCUT2D eigenvalue weighted by Gasteiger charge is -2.56. The fourth-order valence-corrected chi connectivity index (χ4v) is 5.88. The molecule has 0 saturated heterocycles. The van der Waals surface area contributed by atoms with Gasteiger partial charge in [0.1, 0.15) is 6.54 Å². The van der Waals surface area contributed by atoms with E-state index in [-0.39, 0.29) is 5.54 Å². The Hall–Kier alpha value is -2.61. The minimum Gasteiger partial charge on any atom is -0.454 e. The molecule has 4 amide bonds. The smallest absolute Gasteiger partial charge is 0.325 e. The number of carbonyl (C=O) groups excluding carboxylic acids is 4. The third-order valence-corrected chi connectivity index (χ3v) is 6.79. The third-order valence-electron chi connectivity index (χ3n) is 6.53. The van der Waals surface area contributed by atoms with Crippen molar-refractivity contribution in [2.75, 3.05) is 13.2 Å². The first-order valence-corrected chi connectivity index (χ1v) is 11.0. The number of rotatable bonds is 6. The van der Waals surface area contributed by atoms with Gasteiger partial charge in [0.15, 0.2) is 6.61 Å². The molecular weight excluding hydrogens is 422 g/mol. The molecule has 3 N–H and O–H groups in total. The topological polar surface area (TPSA) is 114 Å². The maximum absolute atomic E-state index is 12.3. The summed E-state index contributed by atoms with van der Waals surface area (Å²) < 4.78 is 4.84. The molecule has 4 aliphatic rings. The van der Waals surface area contributed by atoms with E-state index in [0.29, 0.717) is 28.3 Å². The summed E-state index contributed by atoms with van der Waals surface area (Å²) in [7, 11) is 0. The molecule has 31 heavy (non-hydrogen) atoms. The Balaban J connectivity index is 1.16. The average Bonchev–Trinajstić information content (AvgIpc) is 2.69. The Labute approximate surface area is 185 Å². The summed E-state index contributed by atoms with van der Waals surface area (Å²) in [6, 6.07) is 5.64. The molecule has 8 nitrogen and oxygen atoms in total. The number of nitrogens with one attached hydrogen (secondary N) is 3. The van der Waals surface area contributed by atoms with Crippen molar-refractivity contribution in [1.29, 1.82) is 0 Å². The van der Waals surface area contributed by atoms with Crippen molar-refractivity contribution >= 4 is 35.4 Å². The van der Waals surface area contributed by atoms with E-state index in [9.17, 15) is 19.2 Å². The second kappa shape index (κ2) is 8.86. The van der Waals surface area contributed by atoms with Crippen LogP contribution in [0.3, 0.4) is 0 Å². The second-order valence-electron chi connectivity index (χ2n) is 9.05. The van der Waals surface area contributed by atoms with Gasteiger partial charge in [-0.3, -0.25) is 19.7 Å². The summed E-state index contributed by atoms with van der Waals surface area (Å²) >= 11 is 5.77. The minimum atomic E-state index is -0.779. The van der Waals surface area contributed by atoms with Crippen LogP contribution in [0, 0.1) is 17.8 Å². The lowest BCUT2D eigenvalue weighted by atomic mass is 9.53. The van der Waals surface area contributed by atoms with Gasteiger partial charge in [-0.15, -0.1) is 0 Å². The minimum absolute atomic E-state index is 0.207. The van der Waals surface area contributed by atoms with Gasteiger partial charge in [-0.1, -0.05) is 11.6 Å². The molecule has 0 atom stereocenters. The highest BCUT2D eigenvalue weighted by molar-refractivity contribution is 6.30. The molecule has 9 heteroatoms. The van der Waals surface area contributed by atoms with Crippen LogP contribution in [0.15, 0.2) is 24.3 Å². The zero-order chi connectivity index (χ0) is 22.0. The Bertz CT molecular complexity index is 850. The number of halogens is 1. The van der Waals surface area contributed by atoms with E-state index in [1.165, 1.54) is 31.4 Å². The first kappa shape index (κ1) is 21.6. The molecule has 0 unspecified atom stereocenters. The predicted octanol–water partition coefficient (Wildman–Crippen LogP) is 2.41. The van der Waals surface area contributed by atoms with Gasteiger partial charge in [0, 0.05) is 16.1 Å². The zero-order valence-electron chi connectivity index (χ0n) is 17.1. The van der Waals surface area contributed by atoms with Gasteiger partial charge in [-0.05, 0) is 80.5 Å². The number of hydrogen-bond acceptors (Lipinski definition) is 5. The number of amides is 4. The number of carbonyl (C=O) groups is 4. The maximum Gasteiger partial charge on any atom is 0.325 e. The Kier molecular flexibility index (Phi) is 6.18. The van der Waals surface area contributed by atoms with Gasteiger partial charge in [-0.25, -0.2) is 4.79 Å². The summed E-state index contributed by atoms with van der Waals surface area (Å²) in [5.41, 5.74) is 0.137. The van der Waals surface area contributed by atoms with Crippen LogP contribution >= 0.6 is 11.6 Å². The molecule has 4 aliphatic carbocycles. The largest absolute Gasteiger partial charge is 0.454 e. The maximum atomic E-state index is 12.3. The lowest BCUT2D eigenvalue weighted by Crippen LogP contribution is -2.62. The molecule has 0 aliphatic heterocycles. The molecule has 0 heterocycles. The molecule has 5 rings (SSSR count). The van der Waals surface area contributed by atoms with Crippen molar-refractivity contribution < 1.29 is 23.9 Å². The first-order valence-electron chi connectivity index (χ1n) is 10.6. The quantitative estimate of drug-likeness (QED) is 0.579. The molecule has 0 aromatic heterocycles. The van der Waals surface area contributed by atoms with Gasteiger partial charge in [0.2, 0.25) is 0 Å². The Morgan fingerprint density at radius 3 is 2.13 bits per heavy atom. The van der Waals surface area contributed by atoms with Gasteiger partial charge >= 0.3 is 12.0 Å². The summed E-state index contributed by atoms with van der Waals surface area (Å²) in [4.78, 5) is 48.0. The fourth-order valence-electron chi connectivity index (χ4n) is 5.75. The van der Waals surface area contributed by atoms with Crippen molar-refractivity contribution in [1.82, 2.24) is 16.0 Å². The van der Waals surface area contributed by atoms with E-state index < -0.39 is 37.0 Å². The molecule has 4 bridgehead atoms. The van der Waals surface area contributed by atoms with E-state index in [0.717, 1.165) is 19.3 Å². The number of hydrogen-bond donors (Lipinski definition) is 3. The molecule has 1 aromatic carbocycles. The van der Waals surface area contributed by atoms with Crippen molar-refractivity contribution in [2.45, 2.75) is 44.1 Å². The highest BCUT2D eigenvalue weighted by atomic mass is 35.5. The SMILES string of the molecule is O=C(COC(=O)CNC(=O)c1ccc(Cl)cc1)NC(=O)NC12CC3CC(CC(C3)C1)C2. The van der Waals surface area contributed by atoms with Gasteiger partial charge in [0.05, 0.1) is 0 Å². The van der Waals surface area contributed by atoms with Crippen molar-refractivity contribution in [3.63, 3.8) is 0 Å². The summed E-state index contributed by atoms with van der Waals surface area (Å²) in [5, 5.41) is 8.16. The highest BCUT2D eigenvalue weighted by Gasteiger charge is 2.51. The molecule has 1 aromatic rings. The van der Waals surface area contributed by atoms with Crippen LogP contribution < -0.4 is 16.0 Å². The zero-order valence-corrected chi connectivity index (χ0v) is 17.9. The van der Waals surface area contributed by atoms with Gasteiger partial charge in [-0.2, -0.15) is 0 Å². The van der Waals surface area contributed by atoms with Crippen LogP contribution in [0.5, 0.6) is 0 Å². The second-order valence-corrected chi connectivity index (χ2v) is 9.49. The van der Waals surface area contributed by atoms with Gasteiger partial charge in [0.25, 0.3) is 11.8 Å². The van der Waals surface area contributed by atoms with E-state index in [1.807, 2.05) is 0 Å². The lowest BCUT2D eigenvalue weighted by molar-refractivity contribution is -0.147. The van der Waals surface area contributed by atoms with E-state index >= 15 is 0 Å². The van der Waals surface area contributed by atoms with Crippen LogP contribution in [0.25, 0.3) is 0 Å². The third kappa shape index (κ3) is 5.36.